The molecule has 0 radical (unpaired) electrons. The molecule has 246 valence electrons. The number of carbonyl (C=O) groups excluding carboxylic acids is 4. The maximum atomic E-state index is 10.3. The Morgan fingerprint density at radius 2 is 0.933 bits per heavy atom. The van der Waals surface area contributed by atoms with Crippen LogP contribution >= 0.6 is 0 Å². The van der Waals surface area contributed by atoms with Gasteiger partial charge in [0.05, 0.1) is 17.7 Å². The summed E-state index contributed by atoms with van der Waals surface area (Å²) < 4.78 is 4.65. The fraction of sp³-hybridized carbons (Fsp3) is 0.125. The number of aryl methyl sites for hydroxylation is 1. The van der Waals surface area contributed by atoms with Gasteiger partial charge in [-0.1, -0.05) is 67.9 Å². The van der Waals surface area contributed by atoms with E-state index in [9.17, 15) is 28.8 Å². The number of aliphatic hydroxyl groups is 1. The minimum atomic E-state index is -1.06. The molecule has 0 bridgehead atoms. The average molecular weight is 633 g/mol. The zero-order valence-corrected chi connectivity index (χ0v) is 24.8. The van der Waals surface area contributed by atoms with Crippen LogP contribution in [0.15, 0.2) is 89.3 Å². The molecule has 4 aromatic rings. The normalized spacial score (nSPS) is 8.27. The Kier molecular flexibility index (Phi) is 28.1. The summed E-state index contributed by atoms with van der Waals surface area (Å²) in [6.45, 7) is 6.17. The molecule has 0 amide bonds. The molecule has 13 nitrogen and oxygen atoms in total. The fourth-order valence-corrected chi connectivity index (χ4v) is 2.60. The predicted octanol–water partition coefficient (Wildman–Crippen LogP) is 3.58. The first kappa shape index (κ1) is 46.4. The molecule has 0 aliphatic rings. The zero-order chi connectivity index (χ0) is 31.9. The zero-order valence-electron chi connectivity index (χ0n) is 24.8. The largest absolute Gasteiger partial charge is 0.478 e. The van der Waals surface area contributed by atoms with E-state index < -0.39 is 11.9 Å². The van der Waals surface area contributed by atoms with Crippen molar-refractivity contribution < 1.29 is 66.4 Å². The molecule has 0 aliphatic heterocycles. The minimum absolute atomic E-state index is 0. The quantitative estimate of drug-likeness (QED) is 0.249. The Bertz CT molecular complexity index is 1310. The molecule has 1 aromatic heterocycles. The summed E-state index contributed by atoms with van der Waals surface area (Å²) in [4.78, 5) is 60.8. The Morgan fingerprint density at radius 1 is 0.600 bits per heavy atom. The van der Waals surface area contributed by atoms with Gasteiger partial charge in [0, 0.05) is 12.6 Å². The van der Waals surface area contributed by atoms with E-state index in [-0.39, 0.29) is 47.1 Å². The van der Waals surface area contributed by atoms with Crippen LogP contribution in [0.4, 0.5) is 0 Å². The molecule has 3 aromatic carbocycles. The van der Waals surface area contributed by atoms with Crippen LogP contribution in [-0.2, 0) is 6.61 Å². The van der Waals surface area contributed by atoms with Crippen molar-refractivity contribution in [2.24, 2.45) is 0 Å². The fourth-order valence-electron chi connectivity index (χ4n) is 2.60. The van der Waals surface area contributed by atoms with E-state index in [1.54, 1.807) is 24.3 Å². The van der Waals surface area contributed by atoms with Gasteiger partial charge in [-0.3, -0.25) is 19.2 Å². The Morgan fingerprint density at radius 3 is 1.16 bits per heavy atom. The SMILES string of the molecule is CC.Cc1ccc(CO)cc1.O.O.O.O=C(O)c1ccc(C(=O)O)cc1.O=Cc1ccc(C=O)cc1.O=Cc1ccc(C=O)o1.[HH]. The summed E-state index contributed by atoms with van der Waals surface area (Å²) in [6, 6.07) is 22.2. The van der Waals surface area contributed by atoms with Crippen molar-refractivity contribution in [3.05, 3.63) is 130 Å². The van der Waals surface area contributed by atoms with Gasteiger partial charge >= 0.3 is 11.9 Å². The number of hydrogen-bond donors (Lipinski definition) is 3. The molecular formula is C32H40O13. The van der Waals surface area contributed by atoms with Crippen molar-refractivity contribution in [2.45, 2.75) is 27.4 Å². The van der Waals surface area contributed by atoms with Gasteiger partial charge in [-0.25, -0.2) is 9.59 Å². The highest BCUT2D eigenvalue weighted by molar-refractivity contribution is 5.91. The first-order valence-electron chi connectivity index (χ1n) is 12.4. The highest BCUT2D eigenvalue weighted by Crippen LogP contribution is 2.04. The lowest BCUT2D eigenvalue weighted by atomic mass is 10.1. The molecular weight excluding hydrogens is 592 g/mol. The summed E-state index contributed by atoms with van der Waals surface area (Å²) in [5.41, 5.74) is 3.55. The lowest BCUT2D eigenvalue weighted by Crippen LogP contribution is -1.99. The third-order valence-corrected chi connectivity index (χ3v) is 4.77. The monoisotopic (exact) mass is 632 g/mol. The van der Waals surface area contributed by atoms with Crippen molar-refractivity contribution in [3.63, 3.8) is 0 Å². The minimum Gasteiger partial charge on any atom is -0.478 e. The Balaban J connectivity index is -0.000000156. The van der Waals surface area contributed by atoms with Crippen LogP contribution in [0.5, 0.6) is 0 Å². The predicted molar refractivity (Wildman–Crippen MR) is 168 cm³/mol. The van der Waals surface area contributed by atoms with Crippen molar-refractivity contribution in [1.29, 1.82) is 0 Å². The second-order valence-corrected chi connectivity index (χ2v) is 7.71. The number of carboxylic acid groups (broad SMARTS) is 2. The molecule has 13 heteroatoms. The van der Waals surface area contributed by atoms with E-state index >= 15 is 0 Å². The van der Waals surface area contributed by atoms with E-state index in [1.165, 1.54) is 42.0 Å². The molecule has 4 rings (SSSR count). The average Bonchev–Trinajstić information content (AvgIpc) is 3.52. The number of aliphatic hydroxyl groups excluding tert-OH is 1. The van der Waals surface area contributed by atoms with Crippen LogP contribution in [0.3, 0.4) is 0 Å². The molecule has 0 spiro atoms. The van der Waals surface area contributed by atoms with Crippen LogP contribution in [0.1, 0.15) is 88.9 Å². The number of hydrogen-bond acceptors (Lipinski definition) is 8. The number of rotatable bonds is 7. The first-order chi connectivity index (χ1) is 20.2. The van der Waals surface area contributed by atoms with Crippen molar-refractivity contribution >= 4 is 37.1 Å². The Hall–Kier alpha value is -5.60. The summed E-state index contributed by atoms with van der Waals surface area (Å²) in [5.74, 6) is -1.77. The third kappa shape index (κ3) is 19.3. The van der Waals surface area contributed by atoms with Crippen molar-refractivity contribution in [3.8, 4) is 0 Å². The van der Waals surface area contributed by atoms with E-state index in [0.29, 0.717) is 23.7 Å². The molecule has 9 N–H and O–H groups in total. The topological polar surface area (TPSA) is 271 Å². The van der Waals surface area contributed by atoms with Gasteiger partial charge in [-0.15, -0.1) is 0 Å². The third-order valence-electron chi connectivity index (χ3n) is 4.77. The van der Waals surface area contributed by atoms with Crippen LogP contribution < -0.4 is 0 Å². The number of carboxylic acids is 2. The molecule has 0 aliphatic carbocycles. The smallest absolute Gasteiger partial charge is 0.335 e. The molecule has 0 saturated heterocycles. The highest BCUT2D eigenvalue weighted by atomic mass is 16.4. The van der Waals surface area contributed by atoms with E-state index in [2.05, 4.69) is 4.42 Å². The van der Waals surface area contributed by atoms with Gasteiger partial charge < -0.3 is 36.2 Å². The Labute approximate surface area is 260 Å². The van der Waals surface area contributed by atoms with E-state index in [1.807, 2.05) is 45.0 Å². The summed E-state index contributed by atoms with van der Waals surface area (Å²) in [5, 5.41) is 25.6. The maximum absolute atomic E-state index is 10.3. The summed E-state index contributed by atoms with van der Waals surface area (Å²) in [7, 11) is 0. The van der Waals surface area contributed by atoms with Crippen molar-refractivity contribution in [2.75, 3.05) is 0 Å². The maximum Gasteiger partial charge on any atom is 0.335 e. The van der Waals surface area contributed by atoms with Gasteiger partial charge in [-0.05, 0) is 48.9 Å². The standard InChI is InChI=1S/C8H6O4.C8H6O2.C8H10O.C6H4O3.C2H6.3H2O.H2/c9-7(10)5-1-2-6(4-3-5)8(11)12;9-5-7-1-2-8(6-10)4-3-7;1-7-2-4-8(6-9)5-3-7;7-3-5-1-2-6(4-8)9-5;1-2;;;;/h1-4H,(H,9,10)(H,11,12);1-6H;2-5,9H,6H2,1H3;1-4H;1-2H3;3*1H2;1H. The number of furan rings is 1. The van der Waals surface area contributed by atoms with E-state index in [4.69, 9.17) is 15.3 Å². The van der Waals surface area contributed by atoms with Crippen LogP contribution in [0, 0.1) is 6.92 Å². The van der Waals surface area contributed by atoms with Gasteiger partial charge in [0.15, 0.2) is 24.1 Å². The number of benzene rings is 3. The van der Waals surface area contributed by atoms with Gasteiger partial charge in [-0.2, -0.15) is 0 Å². The van der Waals surface area contributed by atoms with E-state index in [0.717, 1.165) is 18.1 Å². The lowest BCUT2D eigenvalue weighted by molar-refractivity contribution is 0.0681. The number of aromatic carboxylic acids is 2. The first-order valence-corrected chi connectivity index (χ1v) is 12.4. The molecule has 0 fully saturated rings. The van der Waals surface area contributed by atoms with Gasteiger partial charge in [0.2, 0.25) is 0 Å². The molecule has 0 atom stereocenters. The van der Waals surface area contributed by atoms with Gasteiger partial charge in [0.1, 0.15) is 12.6 Å². The summed E-state index contributed by atoms with van der Waals surface area (Å²) >= 11 is 0. The van der Waals surface area contributed by atoms with Gasteiger partial charge in [0.25, 0.3) is 0 Å². The molecule has 0 unspecified atom stereocenters. The van der Waals surface area contributed by atoms with Crippen LogP contribution in [0.2, 0.25) is 0 Å². The van der Waals surface area contributed by atoms with Crippen LogP contribution in [0.25, 0.3) is 0 Å². The molecule has 0 saturated carbocycles. The second-order valence-electron chi connectivity index (χ2n) is 7.71. The second kappa shape index (κ2) is 27.2. The summed E-state index contributed by atoms with van der Waals surface area (Å²) in [6.07, 6.45) is 2.59. The van der Waals surface area contributed by atoms with Crippen LogP contribution in [-0.4, -0.2) is 68.8 Å². The molecule has 1 heterocycles. The highest BCUT2D eigenvalue weighted by Gasteiger charge is 2.04. The lowest BCUT2D eigenvalue weighted by Gasteiger charge is -1.94. The number of carbonyl (C=O) groups is 6. The van der Waals surface area contributed by atoms with Crippen molar-refractivity contribution in [1.82, 2.24) is 0 Å². The molecule has 45 heavy (non-hydrogen) atoms. The number of aldehydes is 4.